The summed E-state index contributed by atoms with van der Waals surface area (Å²) in [4.78, 5) is 9.08. The lowest BCUT2D eigenvalue weighted by Crippen LogP contribution is -2.15. The molecular weight excluding hydrogens is 252 g/mol. The van der Waals surface area contributed by atoms with Crippen LogP contribution < -0.4 is 10.6 Å². The Labute approximate surface area is 122 Å². The third-order valence-electron chi connectivity index (χ3n) is 3.07. The minimum Gasteiger partial charge on any atom is -0.396 e. The third kappa shape index (κ3) is 5.74. The molecule has 1 aromatic rings. The molecule has 0 amide bonds. The number of nitrogens with zero attached hydrogens (tertiary/aromatic N) is 2. The van der Waals surface area contributed by atoms with Crippen LogP contribution in [0.2, 0.25) is 0 Å². The van der Waals surface area contributed by atoms with Crippen LogP contribution in [0.5, 0.6) is 0 Å². The Balaban J connectivity index is 2.74. The van der Waals surface area contributed by atoms with E-state index in [0.717, 1.165) is 43.4 Å². The second kappa shape index (κ2) is 8.74. The Morgan fingerprint density at radius 1 is 1.15 bits per heavy atom. The molecule has 114 valence electrons. The molecule has 1 rings (SSSR count). The number of rotatable bonds is 9. The third-order valence-corrected chi connectivity index (χ3v) is 3.07. The first-order chi connectivity index (χ1) is 9.56. The predicted octanol–water partition coefficient (Wildman–Crippen LogP) is 2.85. The lowest BCUT2D eigenvalue weighted by molar-refractivity contribution is 0.266. The Morgan fingerprint density at radius 3 is 2.35 bits per heavy atom. The SMILES string of the molecule is CCCNc1cc(NCC(C)CCO)nc(C(C)C)n1. The van der Waals surface area contributed by atoms with Crippen molar-refractivity contribution < 1.29 is 5.11 Å². The van der Waals surface area contributed by atoms with Crippen molar-refractivity contribution in [3.63, 3.8) is 0 Å². The number of hydrogen-bond donors (Lipinski definition) is 3. The molecule has 1 atom stereocenters. The highest BCUT2D eigenvalue weighted by molar-refractivity contribution is 5.47. The molecule has 5 heteroatoms. The van der Waals surface area contributed by atoms with Gasteiger partial charge in [-0.25, -0.2) is 9.97 Å². The lowest BCUT2D eigenvalue weighted by atomic mass is 10.1. The standard InChI is InChI=1S/C15H28N4O/c1-5-7-16-13-9-14(17-10-12(4)6-8-20)19-15(18-13)11(2)3/h9,11-12,20H,5-8,10H2,1-4H3,(H2,16,17,18,19). The molecule has 0 aliphatic heterocycles. The van der Waals surface area contributed by atoms with Crippen molar-refractivity contribution in [2.75, 3.05) is 30.3 Å². The van der Waals surface area contributed by atoms with Crippen molar-refractivity contribution in [3.8, 4) is 0 Å². The summed E-state index contributed by atoms with van der Waals surface area (Å²) in [5, 5.41) is 15.6. The molecule has 0 aliphatic rings. The van der Waals surface area contributed by atoms with Crippen LogP contribution in [-0.2, 0) is 0 Å². The van der Waals surface area contributed by atoms with E-state index in [9.17, 15) is 0 Å². The molecule has 3 N–H and O–H groups in total. The average molecular weight is 280 g/mol. The van der Waals surface area contributed by atoms with E-state index in [-0.39, 0.29) is 6.61 Å². The minimum atomic E-state index is 0.229. The van der Waals surface area contributed by atoms with Crippen molar-refractivity contribution in [3.05, 3.63) is 11.9 Å². The summed E-state index contributed by atoms with van der Waals surface area (Å²) in [6, 6.07) is 1.95. The van der Waals surface area contributed by atoms with E-state index in [1.54, 1.807) is 0 Å². The molecule has 0 spiro atoms. The van der Waals surface area contributed by atoms with Gasteiger partial charge in [0.25, 0.3) is 0 Å². The molecule has 0 aliphatic carbocycles. The molecule has 0 aromatic carbocycles. The van der Waals surface area contributed by atoms with Crippen molar-refractivity contribution in [1.29, 1.82) is 0 Å². The monoisotopic (exact) mass is 280 g/mol. The van der Waals surface area contributed by atoms with Gasteiger partial charge in [0, 0.05) is 31.7 Å². The van der Waals surface area contributed by atoms with E-state index in [1.165, 1.54) is 0 Å². The number of anilines is 2. The molecule has 0 saturated heterocycles. The molecule has 0 radical (unpaired) electrons. The van der Waals surface area contributed by atoms with Gasteiger partial charge < -0.3 is 15.7 Å². The second-order valence-electron chi connectivity index (χ2n) is 5.58. The summed E-state index contributed by atoms with van der Waals surface area (Å²) in [6.07, 6.45) is 1.87. The molecule has 1 unspecified atom stereocenters. The van der Waals surface area contributed by atoms with E-state index >= 15 is 0 Å². The minimum absolute atomic E-state index is 0.229. The van der Waals surface area contributed by atoms with Crippen LogP contribution in [0.15, 0.2) is 6.07 Å². The Morgan fingerprint density at radius 2 is 1.80 bits per heavy atom. The van der Waals surface area contributed by atoms with Gasteiger partial charge in [0.1, 0.15) is 17.5 Å². The molecule has 1 aromatic heterocycles. The van der Waals surface area contributed by atoms with E-state index in [2.05, 4.69) is 48.3 Å². The van der Waals surface area contributed by atoms with Crippen molar-refractivity contribution in [2.24, 2.45) is 5.92 Å². The first kappa shape index (κ1) is 16.7. The van der Waals surface area contributed by atoms with Gasteiger partial charge in [-0.3, -0.25) is 0 Å². The highest BCUT2D eigenvalue weighted by atomic mass is 16.3. The summed E-state index contributed by atoms with van der Waals surface area (Å²) in [6.45, 7) is 10.4. The summed E-state index contributed by atoms with van der Waals surface area (Å²) < 4.78 is 0. The smallest absolute Gasteiger partial charge is 0.135 e. The van der Waals surface area contributed by atoms with Crippen molar-refractivity contribution >= 4 is 11.6 Å². The van der Waals surface area contributed by atoms with Crippen LogP contribution in [0.1, 0.15) is 52.3 Å². The van der Waals surface area contributed by atoms with Crippen LogP contribution in [0.3, 0.4) is 0 Å². The average Bonchev–Trinajstić information content (AvgIpc) is 2.43. The number of nitrogens with one attached hydrogen (secondary N) is 2. The van der Waals surface area contributed by atoms with Gasteiger partial charge in [-0.1, -0.05) is 27.7 Å². The molecule has 20 heavy (non-hydrogen) atoms. The Hall–Kier alpha value is -1.36. The number of aliphatic hydroxyl groups is 1. The summed E-state index contributed by atoms with van der Waals surface area (Å²) >= 11 is 0. The van der Waals surface area contributed by atoms with E-state index in [0.29, 0.717) is 11.8 Å². The maximum atomic E-state index is 8.93. The number of aromatic nitrogens is 2. The predicted molar refractivity (Wildman–Crippen MR) is 84.3 cm³/mol. The van der Waals surface area contributed by atoms with Crippen LogP contribution >= 0.6 is 0 Å². The molecular formula is C15H28N4O. The first-order valence-corrected chi connectivity index (χ1v) is 7.54. The van der Waals surface area contributed by atoms with Crippen molar-refractivity contribution in [1.82, 2.24) is 9.97 Å². The zero-order valence-electron chi connectivity index (χ0n) is 13.1. The Kier molecular flexibility index (Phi) is 7.30. The second-order valence-corrected chi connectivity index (χ2v) is 5.58. The normalized spacial score (nSPS) is 12.5. The van der Waals surface area contributed by atoms with Crippen LogP contribution in [0.25, 0.3) is 0 Å². The maximum Gasteiger partial charge on any atom is 0.135 e. The summed E-state index contributed by atoms with van der Waals surface area (Å²) in [5.74, 6) is 3.30. The van der Waals surface area contributed by atoms with E-state index in [1.807, 2.05) is 6.07 Å². The fourth-order valence-electron chi connectivity index (χ4n) is 1.76. The van der Waals surface area contributed by atoms with Gasteiger partial charge in [0.15, 0.2) is 0 Å². The molecule has 1 heterocycles. The molecule has 0 bridgehead atoms. The van der Waals surface area contributed by atoms with Crippen molar-refractivity contribution in [2.45, 2.75) is 46.5 Å². The Bertz CT molecular complexity index is 395. The lowest BCUT2D eigenvalue weighted by Gasteiger charge is -2.15. The van der Waals surface area contributed by atoms with Crippen LogP contribution in [-0.4, -0.2) is 34.8 Å². The van der Waals surface area contributed by atoms with Gasteiger partial charge in [-0.2, -0.15) is 0 Å². The fraction of sp³-hybridized carbons (Fsp3) is 0.733. The van der Waals surface area contributed by atoms with E-state index in [4.69, 9.17) is 5.11 Å². The highest BCUT2D eigenvalue weighted by Gasteiger charge is 2.09. The number of hydrogen-bond acceptors (Lipinski definition) is 5. The quantitative estimate of drug-likeness (QED) is 0.649. The van der Waals surface area contributed by atoms with Gasteiger partial charge >= 0.3 is 0 Å². The topological polar surface area (TPSA) is 70.1 Å². The maximum absolute atomic E-state index is 8.93. The number of aliphatic hydroxyl groups excluding tert-OH is 1. The molecule has 0 fully saturated rings. The first-order valence-electron chi connectivity index (χ1n) is 7.54. The van der Waals surface area contributed by atoms with Crippen LogP contribution in [0.4, 0.5) is 11.6 Å². The highest BCUT2D eigenvalue weighted by Crippen LogP contribution is 2.17. The van der Waals surface area contributed by atoms with Crippen LogP contribution in [0, 0.1) is 5.92 Å². The van der Waals surface area contributed by atoms with Gasteiger partial charge in [0.2, 0.25) is 0 Å². The van der Waals surface area contributed by atoms with Gasteiger partial charge in [-0.05, 0) is 18.8 Å². The molecule has 0 saturated carbocycles. The fourth-order valence-corrected chi connectivity index (χ4v) is 1.76. The zero-order chi connectivity index (χ0) is 15.0. The summed E-state index contributed by atoms with van der Waals surface area (Å²) in [5.41, 5.74) is 0. The molecule has 5 nitrogen and oxygen atoms in total. The van der Waals surface area contributed by atoms with Gasteiger partial charge in [-0.15, -0.1) is 0 Å². The largest absolute Gasteiger partial charge is 0.396 e. The van der Waals surface area contributed by atoms with E-state index < -0.39 is 0 Å². The van der Waals surface area contributed by atoms with Gasteiger partial charge in [0.05, 0.1) is 0 Å². The summed E-state index contributed by atoms with van der Waals surface area (Å²) in [7, 11) is 0. The zero-order valence-corrected chi connectivity index (χ0v) is 13.1.